The van der Waals surface area contributed by atoms with E-state index in [-0.39, 0.29) is 11.2 Å². The lowest BCUT2D eigenvalue weighted by molar-refractivity contribution is 0.241. The highest BCUT2D eigenvalue weighted by Gasteiger charge is 2.20. The Morgan fingerprint density at radius 1 is 1.13 bits per heavy atom. The molecular formula is C19H17FN2O. The molecule has 2 heterocycles. The molecule has 0 saturated carbocycles. The van der Waals surface area contributed by atoms with Crippen LogP contribution in [0.1, 0.15) is 16.8 Å². The first kappa shape index (κ1) is 14.2. The maximum atomic E-state index is 13.4. The summed E-state index contributed by atoms with van der Waals surface area (Å²) in [7, 11) is 0. The summed E-state index contributed by atoms with van der Waals surface area (Å²) in [6.45, 7) is 2.40. The minimum Gasteiger partial charge on any atom is -0.357 e. The smallest absolute Gasteiger partial charge is 0.192 e. The van der Waals surface area contributed by atoms with Gasteiger partial charge in [0.2, 0.25) is 0 Å². The Hall–Kier alpha value is -2.46. The van der Waals surface area contributed by atoms with E-state index in [2.05, 4.69) is 22.0 Å². The quantitative estimate of drug-likeness (QED) is 0.789. The molecule has 0 amide bonds. The number of rotatable bonds is 2. The SMILES string of the molecule is O=c1c2c([nH]c3cc(F)ccc13)CN(Cc1ccccc1)CC2. The summed E-state index contributed by atoms with van der Waals surface area (Å²) in [6, 6.07) is 14.6. The third-order valence-electron chi connectivity index (χ3n) is 4.46. The first-order valence-electron chi connectivity index (χ1n) is 7.80. The van der Waals surface area contributed by atoms with Crippen molar-refractivity contribution in [1.29, 1.82) is 0 Å². The van der Waals surface area contributed by atoms with E-state index in [1.165, 1.54) is 17.7 Å². The van der Waals surface area contributed by atoms with Crippen LogP contribution in [0.5, 0.6) is 0 Å². The molecule has 1 aromatic heterocycles. The van der Waals surface area contributed by atoms with E-state index < -0.39 is 0 Å². The summed E-state index contributed by atoms with van der Waals surface area (Å²) < 4.78 is 13.4. The number of aromatic amines is 1. The number of benzene rings is 2. The van der Waals surface area contributed by atoms with Crippen LogP contribution < -0.4 is 5.43 Å². The monoisotopic (exact) mass is 308 g/mol. The molecule has 4 heteroatoms. The largest absolute Gasteiger partial charge is 0.357 e. The summed E-state index contributed by atoms with van der Waals surface area (Å²) in [5.41, 5.74) is 3.62. The Bertz CT molecular complexity index is 918. The second-order valence-electron chi connectivity index (χ2n) is 6.05. The van der Waals surface area contributed by atoms with Crippen molar-refractivity contribution in [3.63, 3.8) is 0 Å². The van der Waals surface area contributed by atoms with E-state index in [4.69, 9.17) is 0 Å². The van der Waals surface area contributed by atoms with Crippen LogP contribution >= 0.6 is 0 Å². The maximum absolute atomic E-state index is 13.4. The predicted octanol–water partition coefficient (Wildman–Crippen LogP) is 3.23. The van der Waals surface area contributed by atoms with E-state index >= 15 is 0 Å². The van der Waals surface area contributed by atoms with Crippen LogP contribution in [0, 0.1) is 5.82 Å². The van der Waals surface area contributed by atoms with Gasteiger partial charge in [0.05, 0.1) is 5.52 Å². The van der Waals surface area contributed by atoms with Crippen molar-refractivity contribution in [2.45, 2.75) is 19.5 Å². The van der Waals surface area contributed by atoms with E-state index in [1.807, 2.05) is 18.2 Å². The standard InChI is InChI=1S/C19H17FN2O/c20-14-6-7-15-17(10-14)21-18-12-22(9-8-16(18)19(15)23)11-13-4-2-1-3-5-13/h1-7,10H,8-9,11-12H2,(H,21,23). The first-order chi connectivity index (χ1) is 11.2. The average Bonchev–Trinajstić information content (AvgIpc) is 2.55. The molecule has 1 N–H and O–H groups in total. The molecule has 4 rings (SSSR count). The van der Waals surface area contributed by atoms with Crippen molar-refractivity contribution >= 4 is 10.9 Å². The van der Waals surface area contributed by atoms with Gasteiger partial charge >= 0.3 is 0 Å². The van der Waals surface area contributed by atoms with Crippen molar-refractivity contribution in [1.82, 2.24) is 9.88 Å². The van der Waals surface area contributed by atoms with Crippen LogP contribution in [0.15, 0.2) is 53.3 Å². The molecule has 23 heavy (non-hydrogen) atoms. The zero-order chi connectivity index (χ0) is 15.8. The summed E-state index contributed by atoms with van der Waals surface area (Å²) in [5.74, 6) is -0.329. The minimum atomic E-state index is -0.329. The number of nitrogens with zero attached hydrogens (tertiary/aromatic N) is 1. The van der Waals surface area contributed by atoms with Gasteiger partial charge in [-0.15, -0.1) is 0 Å². The van der Waals surface area contributed by atoms with Crippen molar-refractivity contribution < 1.29 is 4.39 Å². The Morgan fingerprint density at radius 2 is 1.96 bits per heavy atom. The molecule has 0 bridgehead atoms. The summed E-state index contributed by atoms with van der Waals surface area (Å²) >= 11 is 0. The predicted molar refractivity (Wildman–Crippen MR) is 88.8 cm³/mol. The van der Waals surface area contributed by atoms with Gasteiger partial charge in [-0.25, -0.2) is 4.39 Å². The van der Waals surface area contributed by atoms with Crippen LogP contribution in [0.2, 0.25) is 0 Å². The second kappa shape index (κ2) is 5.63. The molecule has 0 fully saturated rings. The van der Waals surface area contributed by atoms with Gasteiger partial charge in [0.15, 0.2) is 5.43 Å². The minimum absolute atomic E-state index is 0.0353. The number of H-pyrrole nitrogens is 1. The van der Waals surface area contributed by atoms with Crippen LogP contribution in [0.4, 0.5) is 4.39 Å². The number of hydrogen-bond acceptors (Lipinski definition) is 2. The fourth-order valence-corrected chi connectivity index (χ4v) is 3.30. The molecule has 0 spiro atoms. The van der Waals surface area contributed by atoms with E-state index in [0.29, 0.717) is 17.4 Å². The summed E-state index contributed by atoms with van der Waals surface area (Å²) in [6.07, 6.45) is 0.727. The third-order valence-corrected chi connectivity index (χ3v) is 4.46. The third kappa shape index (κ3) is 2.66. The lowest BCUT2D eigenvalue weighted by Crippen LogP contribution is -2.34. The number of nitrogens with one attached hydrogen (secondary N) is 1. The highest BCUT2D eigenvalue weighted by atomic mass is 19.1. The van der Waals surface area contributed by atoms with Gasteiger partial charge in [0.25, 0.3) is 0 Å². The molecule has 3 nitrogen and oxygen atoms in total. The van der Waals surface area contributed by atoms with Crippen molar-refractivity contribution in [2.24, 2.45) is 0 Å². The van der Waals surface area contributed by atoms with Gasteiger partial charge in [0, 0.05) is 36.3 Å². The molecule has 0 atom stereocenters. The van der Waals surface area contributed by atoms with Crippen LogP contribution in [-0.4, -0.2) is 16.4 Å². The molecule has 0 unspecified atom stereocenters. The van der Waals surface area contributed by atoms with Crippen molar-refractivity contribution in [3.8, 4) is 0 Å². The van der Waals surface area contributed by atoms with E-state index in [1.54, 1.807) is 6.07 Å². The summed E-state index contributed by atoms with van der Waals surface area (Å²) in [5, 5.41) is 0.571. The van der Waals surface area contributed by atoms with Crippen molar-refractivity contribution in [3.05, 3.63) is 81.4 Å². The fourth-order valence-electron chi connectivity index (χ4n) is 3.30. The van der Waals surface area contributed by atoms with E-state index in [9.17, 15) is 9.18 Å². The van der Waals surface area contributed by atoms with Crippen molar-refractivity contribution in [2.75, 3.05) is 6.54 Å². The second-order valence-corrected chi connectivity index (χ2v) is 6.05. The van der Waals surface area contributed by atoms with Crippen LogP contribution in [-0.2, 0) is 19.5 Å². The number of pyridine rings is 1. The van der Waals surface area contributed by atoms with Gasteiger partial charge in [-0.3, -0.25) is 9.69 Å². The average molecular weight is 308 g/mol. The molecular weight excluding hydrogens is 291 g/mol. The zero-order valence-corrected chi connectivity index (χ0v) is 12.7. The lowest BCUT2D eigenvalue weighted by Gasteiger charge is -2.28. The molecule has 0 aliphatic carbocycles. The van der Waals surface area contributed by atoms with E-state index in [0.717, 1.165) is 30.8 Å². The topological polar surface area (TPSA) is 36.1 Å². The highest BCUT2D eigenvalue weighted by molar-refractivity contribution is 5.79. The highest BCUT2D eigenvalue weighted by Crippen LogP contribution is 2.20. The Balaban J connectivity index is 1.69. The molecule has 116 valence electrons. The molecule has 2 aromatic carbocycles. The van der Waals surface area contributed by atoms with Crippen LogP contribution in [0.3, 0.4) is 0 Å². The molecule has 1 aliphatic rings. The summed E-state index contributed by atoms with van der Waals surface area (Å²) in [4.78, 5) is 18.2. The Morgan fingerprint density at radius 3 is 2.78 bits per heavy atom. The first-order valence-corrected chi connectivity index (χ1v) is 7.80. The van der Waals surface area contributed by atoms with Gasteiger partial charge in [0.1, 0.15) is 5.82 Å². The van der Waals surface area contributed by atoms with Crippen LogP contribution in [0.25, 0.3) is 10.9 Å². The number of fused-ring (bicyclic) bond motifs is 2. The lowest BCUT2D eigenvalue weighted by atomic mass is 10.0. The molecule has 1 aliphatic heterocycles. The Kier molecular flexibility index (Phi) is 3.46. The normalized spacial score (nSPS) is 14.8. The number of halogens is 1. The van der Waals surface area contributed by atoms with Gasteiger partial charge in [-0.1, -0.05) is 30.3 Å². The number of hydrogen-bond donors (Lipinski definition) is 1. The Labute approximate surface area is 133 Å². The number of aromatic nitrogens is 1. The molecule has 0 radical (unpaired) electrons. The molecule has 3 aromatic rings. The van der Waals surface area contributed by atoms with Gasteiger partial charge in [-0.05, 0) is 30.2 Å². The fraction of sp³-hybridized carbons (Fsp3) is 0.211. The van der Waals surface area contributed by atoms with Gasteiger partial charge in [-0.2, -0.15) is 0 Å². The molecule has 0 saturated heterocycles. The zero-order valence-electron chi connectivity index (χ0n) is 12.7. The van der Waals surface area contributed by atoms with Gasteiger partial charge < -0.3 is 4.98 Å². The maximum Gasteiger partial charge on any atom is 0.192 e.